The molecular formula is C13H13F4N3. The van der Waals surface area contributed by atoms with E-state index < -0.39 is 18.9 Å². The predicted octanol–water partition coefficient (Wildman–Crippen LogP) is 3.44. The summed E-state index contributed by atoms with van der Waals surface area (Å²) in [6, 6.07) is 4.66. The van der Waals surface area contributed by atoms with Gasteiger partial charge in [0.2, 0.25) is 0 Å². The first kappa shape index (κ1) is 14.4. The summed E-state index contributed by atoms with van der Waals surface area (Å²) in [7, 11) is 0. The molecule has 0 radical (unpaired) electrons. The Hall–Kier alpha value is -2.05. The van der Waals surface area contributed by atoms with Crippen LogP contribution in [0.5, 0.6) is 0 Å². The number of nitrogen functional groups attached to an aromatic ring is 1. The normalized spacial score (nSPS) is 12.1. The number of aromatic nitrogens is 1. The van der Waals surface area contributed by atoms with Crippen LogP contribution in [0.1, 0.15) is 5.69 Å². The molecule has 7 heteroatoms. The summed E-state index contributed by atoms with van der Waals surface area (Å²) in [5, 5.41) is 3.51. The summed E-state index contributed by atoms with van der Waals surface area (Å²) in [5.74, 6) is -4.09. The van der Waals surface area contributed by atoms with E-state index in [-0.39, 0.29) is 0 Å². The van der Waals surface area contributed by atoms with Gasteiger partial charge in [-0.25, -0.2) is 8.78 Å². The zero-order chi connectivity index (χ0) is 14.9. The molecule has 1 aromatic heterocycles. The van der Waals surface area contributed by atoms with Crippen molar-refractivity contribution in [2.75, 3.05) is 17.6 Å². The molecule has 3 nitrogen and oxygen atoms in total. The molecule has 0 bridgehead atoms. The smallest absolute Gasteiger partial charge is 0.324 e. The van der Waals surface area contributed by atoms with Crippen molar-refractivity contribution in [1.29, 1.82) is 0 Å². The molecule has 0 amide bonds. The number of pyridine rings is 1. The summed E-state index contributed by atoms with van der Waals surface area (Å²) in [4.78, 5) is 4.07. The molecule has 108 valence electrons. The minimum atomic E-state index is -4.09. The average Bonchev–Trinajstić information content (AvgIpc) is 2.37. The molecule has 0 saturated carbocycles. The number of hydrogen-bond donors (Lipinski definition) is 2. The van der Waals surface area contributed by atoms with E-state index in [1.165, 1.54) is 18.3 Å². The maximum atomic E-state index is 12.9. The second-order valence-corrected chi connectivity index (χ2v) is 4.49. The fourth-order valence-corrected chi connectivity index (χ4v) is 1.81. The van der Waals surface area contributed by atoms with E-state index in [0.717, 1.165) is 0 Å². The van der Waals surface area contributed by atoms with Crippen LogP contribution in [0.15, 0.2) is 24.4 Å². The lowest BCUT2D eigenvalue weighted by molar-refractivity contribution is -0.117. The minimum absolute atomic E-state index is 0.319. The van der Waals surface area contributed by atoms with E-state index in [0.29, 0.717) is 27.8 Å². The van der Waals surface area contributed by atoms with Crippen LogP contribution < -0.4 is 11.1 Å². The third-order valence-electron chi connectivity index (χ3n) is 2.91. The zero-order valence-corrected chi connectivity index (χ0v) is 10.6. The number of nitrogens with two attached hydrogens (primary N) is 1. The first-order valence-corrected chi connectivity index (χ1v) is 5.86. The lowest BCUT2D eigenvalue weighted by Gasteiger charge is -2.18. The van der Waals surface area contributed by atoms with Crippen LogP contribution >= 0.6 is 0 Å². The highest BCUT2D eigenvalue weighted by Crippen LogP contribution is 2.30. The van der Waals surface area contributed by atoms with Crippen molar-refractivity contribution in [2.45, 2.75) is 19.3 Å². The van der Waals surface area contributed by atoms with Gasteiger partial charge in [0.15, 0.2) is 0 Å². The third-order valence-corrected chi connectivity index (χ3v) is 2.91. The van der Waals surface area contributed by atoms with Gasteiger partial charge in [0.05, 0.1) is 6.54 Å². The molecule has 20 heavy (non-hydrogen) atoms. The molecule has 1 heterocycles. The van der Waals surface area contributed by atoms with Crippen LogP contribution in [-0.4, -0.2) is 23.9 Å². The Labute approximate surface area is 112 Å². The second kappa shape index (κ2) is 5.15. The monoisotopic (exact) mass is 287 g/mol. The van der Waals surface area contributed by atoms with Crippen molar-refractivity contribution >= 4 is 22.1 Å². The Morgan fingerprint density at radius 1 is 1.30 bits per heavy atom. The standard InChI is InChI=1S/C13H13F4N3/c1-7-4-8-9(5-19-7)10(18)2-3-11(8)20-6-13(16,17)12(14)15/h2-5,12,20H,6,18H2,1H3. The predicted molar refractivity (Wildman–Crippen MR) is 70.3 cm³/mol. The van der Waals surface area contributed by atoms with Gasteiger partial charge >= 0.3 is 12.3 Å². The number of rotatable bonds is 4. The zero-order valence-electron chi connectivity index (χ0n) is 10.6. The quantitative estimate of drug-likeness (QED) is 0.669. The van der Waals surface area contributed by atoms with E-state index in [4.69, 9.17) is 5.73 Å². The van der Waals surface area contributed by atoms with Crippen molar-refractivity contribution in [2.24, 2.45) is 0 Å². The summed E-state index contributed by atoms with van der Waals surface area (Å²) < 4.78 is 50.2. The van der Waals surface area contributed by atoms with Crippen LogP contribution in [0.25, 0.3) is 10.8 Å². The topological polar surface area (TPSA) is 50.9 Å². The van der Waals surface area contributed by atoms with Crippen molar-refractivity contribution in [1.82, 2.24) is 4.98 Å². The maximum Gasteiger partial charge on any atom is 0.324 e. The van der Waals surface area contributed by atoms with E-state index >= 15 is 0 Å². The molecule has 0 fully saturated rings. The Kier molecular flexibility index (Phi) is 3.69. The molecule has 0 unspecified atom stereocenters. The molecule has 0 saturated heterocycles. The number of nitrogens with zero attached hydrogens (tertiary/aromatic N) is 1. The molecule has 1 aromatic carbocycles. The van der Waals surface area contributed by atoms with Gasteiger partial charge in [-0.15, -0.1) is 0 Å². The fraction of sp³-hybridized carbons (Fsp3) is 0.308. The van der Waals surface area contributed by atoms with E-state index in [2.05, 4.69) is 10.3 Å². The third kappa shape index (κ3) is 2.76. The molecule has 0 aliphatic rings. The number of alkyl halides is 4. The number of hydrogen-bond acceptors (Lipinski definition) is 3. The largest absolute Gasteiger partial charge is 0.398 e. The number of halogens is 4. The second-order valence-electron chi connectivity index (χ2n) is 4.49. The highest BCUT2D eigenvalue weighted by molar-refractivity contribution is 6.00. The van der Waals surface area contributed by atoms with Gasteiger partial charge in [-0.05, 0) is 25.1 Å². The molecule has 0 spiro atoms. The van der Waals surface area contributed by atoms with Gasteiger partial charge in [0.25, 0.3) is 0 Å². The SMILES string of the molecule is Cc1cc2c(NCC(F)(F)C(F)F)ccc(N)c2cn1. The van der Waals surface area contributed by atoms with Gasteiger partial charge in [-0.2, -0.15) is 8.78 Å². The molecule has 2 aromatic rings. The first-order chi connectivity index (χ1) is 9.31. The molecule has 0 aliphatic heterocycles. The van der Waals surface area contributed by atoms with Crippen molar-refractivity contribution < 1.29 is 17.6 Å². The van der Waals surface area contributed by atoms with E-state index in [9.17, 15) is 17.6 Å². The molecule has 0 atom stereocenters. The van der Waals surface area contributed by atoms with Gasteiger partial charge in [-0.3, -0.25) is 4.98 Å². The molecular weight excluding hydrogens is 274 g/mol. The Morgan fingerprint density at radius 2 is 2.00 bits per heavy atom. The number of nitrogens with one attached hydrogen (secondary N) is 1. The van der Waals surface area contributed by atoms with Crippen molar-refractivity contribution in [3.63, 3.8) is 0 Å². The van der Waals surface area contributed by atoms with Crippen molar-refractivity contribution in [3.05, 3.63) is 30.1 Å². The van der Waals surface area contributed by atoms with Crippen LogP contribution in [0.2, 0.25) is 0 Å². The summed E-state index contributed by atoms with van der Waals surface area (Å²) in [6.07, 6.45) is -2.19. The van der Waals surface area contributed by atoms with E-state index in [1.54, 1.807) is 13.0 Å². The van der Waals surface area contributed by atoms with Gasteiger partial charge < -0.3 is 11.1 Å². The summed E-state index contributed by atoms with van der Waals surface area (Å²) in [6.45, 7) is 0.589. The minimum Gasteiger partial charge on any atom is -0.398 e. The fourth-order valence-electron chi connectivity index (χ4n) is 1.81. The Bertz CT molecular complexity index is 628. The Balaban J connectivity index is 2.36. The maximum absolute atomic E-state index is 12.9. The number of fused-ring (bicyclic) bond motifs is 1. The van der Waals surface area contributed by atoms with E-state index in [1.807, 2.05) is 0 Å². The van der Waals surface area contributed by atoms with Gasteiger partial charge in [0.1, 0.15) is 0 Å². The van der Waals surface area contributed by atoms with Crippen LogP contribution in [0.3, 0.4) is 0 Å². The van der Waals surface area contributed by atoms with Crippen LogP contribution in [0.4, 0.5) is 28.9 Å². The molecule has 2 rings (SSSR count). The number of anilines is 2. The molecule has 0 aliphatic carbocycles. The summed E-state index contributed by atoms with van der Waals surface area (Å²) >= 11 is 0. The average molecular weight is 287 g/mol. The van der Waals surface area contributed by atoms with Crippen LogP contribution in [-0.2, 0) is 0 Å². The number of aryl methyl sites for hydroxylation is 1. The van der Waals surface area contributed by atoms with Crippen LogP contribution in [0, 0.1) is 6.92 Å². The Morgan fingerprint density at radius 3 is 2.65 bits per heavy atom. The lowest BCUT2D eigenvalue weighted by Crippen LogP contribution is -2.34. The van der Waals surface area contributed by atoms with Gasteiger partial charge in [0, 0.05) is 34.0 Å². The van der Waals surface area contributed by atoms with Crippen molar-refractivity contribution in [3.8, 4) is 0 Å². The first-order valence-electron chi connectivity index (χ1n) is 5.86. The number of benzene rings is 1. The highest BCUT2D eigenvalue weighted by Gasteiger charge is 2.40. The highest BCUT2D eigenvalue weighted by atomic mass is 19.3. The molecule has 3 N–H and O–H groups in total. The lowest BCUT2D eigenvalue weighted by atomic mass is 10.1. The van der Waals surface area contributed by atoms with Gasteiger partial charge in [-0.1, -0.05) is 0 Å². The summed E-state index contributed by atoms with van der Waals surface area (Å²) in [5.41, 5.74) is 7.21.